The molecule has 0 aromatic heterocycles. The maximum atomic E-state index is 10.3. The third-order valence-corrected chi connectivity index (χ3v) is 1.73. The molecule has 0 saturated heterocycles. The number of aliphatic hydroxyl groups is 1. The summed E-state index contributed by atoms with van der Waals surface area (Å²) in [6.07, 6.45) is 2.12. The molecule has 0 fully saturated rings. The number of aliphatic carboxylic acids is 1. The van der Waals surface area contributed by atoms with Gasteiger partial charge < -0.3 is 15.9 Å². The zero-order valence-corrected chi connectivity index (χ0v) is 7.36. The summed E-state index contributed by atoms with van der Waals surface area (Å²) in [6.45, 7) is 2.02. The highest BCUT2D eigenvalue weighted by atomic mass is 16.4. The van der Waals surface area contributed by atoms with Crippen molar-refractivity contribution in [2.24, 2.45) is 5.73 Å². The van der Waals surface area contributed by atoms with E-state index < -0.39 is 18.1 Å². The second kappa shape index (κ2) is 5.97. The topological polar surface area (TPSA) is 83.5 Å². The van der Waals surface area contributed by atoms with Gasteiger partial charge in [0.05, 0.1) is 6.10 Å². The maximum absolute atomic E-state index is 10.3. The number of nitrogens with two attached hydrogens (primary N) is 1. The first-order valence-corrected chi connectivity index (χ1v) is 4.24. The predicted molar refractivity (Wildman–Crippen MR) is 45.8 cm³/mol. The number of rotatable bonds is 6. The first kappa shape index (κ1) is 11.4. The molecule has 0 radical (unpaired) electrons. The van der Waals surface area contributed by atoms with Gasteiger partial charge in [0, 0.05) is 0 Å². The van der Waals surface area contributed by atoms with Crippen LogP contribution in [0.3, 0.4) is 0 Å². The molecule has 0 aliphatic rings. The summed E-state index contributed by atoms with van der Waals surface area (Å²) in [7, 11) is 0. The van der Waals surface area contributed by atoms with Crippen LogP contribution in [0.5, 0.6) is 0 Å². The van der Waals surface area contributed by atoms with Gasteiger partial charge in [0.1, 0.15) is 6.04 Å². The molecule has 0 aromatic rings. The summed E-state index contributed by atoms with van der Waals surface area (Å²) in [5.41, 5.74) is 5.23. The Kier molecular flexibility index (Phi) is 5.66. The third kappa shape index (κ3) is 5.09. The predicted octanol–water partition coefficient (Wildman–Crippen LogP) is 0.339. The van der Waals surface area contributed by atoms with Crippen LogP contribution in [-0.4, -0.2) is 28.3 Å². The zero-order chi connectivity index (χ0) is 9.56. The van der Waals surface area contributed by atoms with Crippen molar-refractivity contribution in [3.63, 3.8) is 0 Å². The Hall–Kier alpha value is -0.610. The Bertz CT molecular complexity index is 138. The van der Waals surface area contributed by atoms with Crippen molar-refractivity contribution in [2.75, 3.05) is 0 Å². The molecule has 1 unspecified atom stereocenters. The quantitative estimate of drug-likeness (QED) is 0.543. The zero-order valence-electron chi connectivity index (χ0n) is 7.36. The Morgan fingerprint density at radius 1 is 1.58 bits per heavy atom. The van der Waals surface area contributed by atoms with Crippen LogP contribution in [0.25, 0.3) is 0 Å². The Labute approximate surface area is 72.4 Å². The lowest BCUT2D eigenvalue weighted by Crippen LogP contribution is -2.33. The van der Waals surface area contributed by atoms with Gasteiger partial charge in [-0.1, -0.05) is 19.8 Å². The lowest BCUT2D eigenvalue weighted by molar-refractivity contribution is -0.139. The van der Waals surface area contributed by atoms with Crippen molar-refractivity contribution < 1.29 is 15.0 Å². The molecule has 0 heterocycles. The molecule has 0 aliphatic heterocycles. The summed E-state index contributed by atoms with van der Waals surface area (Å²) < 4.78 is 0. The summed E-state index contributed by atoms with van der Waals surface area (Å²) in [5.74, 6) is -1.05. The molecule has 4 heteroatoms. The van der Waals surface area contributed by atoms with Crippen LogP contribution < -0.4 is 5.73 Å². The number of unbranched alkanes of at least 4 members (excludes halogenated alkanes) is 1. The average molecular weight is 175 g/mol. The van der Waals surface area contributed by atoms with Gasteiger partial charge in [0.25, 0.3) is 0 Å². The molecule has 72 valence electrons. The van der Waals surface area contributed by atoms with Crippen LogP contribution in [0.2, 0.25) is 0 Å². The Balaban J connectivity index is 3.53. The molecule has 0 aromatic carbocycles. The lowest BCUT2D eigenvalue weighted by Gasteiger charge is -2.12. The van der Waals surface area contributed by atoms with Crippen molar-refractivity contribution in [2.45, 2.75) is 44.8 Å². The van der Waals surface area contributed by atoms with E-state index in [0.29, 0.717) is 6.42 Å². The van der Waals surface area contributed by atoms with Crippen molar-refractivity contribution in [3.05, 3.63) is 0 Å². The number of hydrogen-bond acceptors (Lipinski definition) is 3. The van der Waals surface area contributed by atoms with Gasteiger partial charge in [0.15, 0.2) is 0 Å². The highest BCUT2D eigenvalue weighted by Gasteiger charge is 2.15. The van der Waals surface area contributed by atoms with Crippen molar-refractivity contribution in [1.82, 2.24) is 0 Å². The number of carbonyl (C=O) groups is 1. The number of carboxylic acids is 1. The summed E-state index contributed by atoms with van der Waals surface area (Å²) >= 11 is 0. The molecule has 0 rings (SSSR count). The van der Waals surface area contributed by atoms with E-state index in [4.69, 9.17) is 10.8 Å². The van der Waals surface area contributed by atoms with E-state index in [1.54, 1.807) is 0 Å². The number of hydrogen-bond donors (Lipinski definition) is 3. The minimum atomic E-state index is -1.05. The van der Waals surface area contributed by atoms with Gasteiger partial charge in [-0.3, -0.25) is 4.79 Å². The van der Waals surface area contributed by atoms with Crippen LogP contribution in [0.15, 0.2) is 0 Å². The highest BCUT2D eigenvalue weighted by Crippen LogP contribution is 2.05. The van der Waals surface area contributed by atoms with Crippen LogP contribution in [-0.2, 0) is 4.79 Å². The first-order chi connectivity index (χ1) is 5.57. The summed E-state index contributed by atoms with van der Waals surface area (Å²) in [5, 5.41) is 17.7. The standard InChI is InChI=1S/C8H17NO3/c1-2-3-4-6(10)5-7(9)8(11)12/h6-7,10H,2-5,9H2,1H3,(H,11,12)/t6?,7-/m0/s1. The maximum Gasteiger partial charge on any atom is 0.320 e. The number of aliphatic hydroxyl groups excluding tert-OH is 1. The van der Waals surface area contributed by atoms with Gasteiger partial charge in [-0.25, -0.2) is 0 Å². The molecule has 0 spiro atoms. The Morgan fingerprint density at radius 3 is 2.58 bits per heavy atom. The van der Waals surface area contributed by atoms with Gasteiger partial charge >= 0.3 is 5.97 Å². The van der Waals surface area contributed by atoms with Gasteiger partial charge in [-0.15, -0.1) is 0 Å². The van der Waals surface area contributed by atoms with E-state index in [1.165, 1.54) is 0 Å². The normalized spacial score (nSPS) is 15.6. The van der Waals surface area contributed by atoms with Crippen molar-refractivity contribution in [1.29, 1.82) is 0 Å². The molecule has 0 aliphatic carbocycles. The largest absolute Gasteiger partial charge is 0.480 e. The molecule has 2 atom stereocenters. The van der Waals surface area contributed by atoms with Crippen LogP contribution in [0, 0.1) is 0 Å². The minimum Gasteiger partial charge on any atom is -0.480 e. The molecule has 0 amide bonds. The van der Waals surface area contributed by atoms with Crippen LogP contribution in [0.4, 0.5) is 0 Å². The lowest BCUT2D eigenvalue weighted by atomic mass is 10.1. The van der Waals surface area contributed by atoms with E-state index in [2.05, 4.69) is 0 Å². The van der Waals surface area contributed by atoms with E-state index >= 15 is 0 Å². The monoisotopic (exact) mass is 175 g/mol. The molecule has 0 bridgehead atoms. The fourth-order valence-corrected chi connectivity index (χ4v) is 0.952. The third-order valence-electron chi connectivity index (χ3n) is 1.73. The first-order valence-electron chi connectivity index (χ1n) is 4.24. The van der Waals surface area contributed by atoms with Crippen molar-refractivity contribution in [3.8, 4) is 0 Å². The molecule has 4 nitrogen and oxygen atoms in total. The second-order valence-electron chi connectivity index (χ2n) is 2.98. The van der Waals surface area contributed by atoms with Gasteiger partial charge in [0.2, 0.25) is 0 Å². The molecule has 12 heavy (non-hydrogen) atoms. The van der Waals surface area contributed by atoms with Crippen LogP contribution >= 0.6 is 0 Å². The fourth-order valence-electron chi connectivity index (χ4n) is 0.952. The van der Waals surface area contributed by atoms with E-state index in [1.807, 2.05) is 6.92 Å². The fraction of sp³-hybridized carbons (Fsp3) is 0.875. The Morgan fingerprint density at radius 2 is 2.17 bits per heavy atom. The smallest absolute Gasteiger partial charge is 0.320 e. The number of carboxylic acid groups (broad SMARTS) is 1. The van der Waals surface area contributed by atoms with Crippen molar-refractivity contribution >= 4 is 5.97 Å². The summed E-state index contributed by atoms with van der Waals surface area (Å²) in [4.78, 5) is 10.3. The summed E-state index contributed by atoms with van der Waals surface area (Å²) in [6, 6.07) is -0.933. The molecular formula is C8H17NO3. The molecule has 4 N–H and O–H groups in total. The van der Waals surface area contributed by atoms with Crippen LogP contribution in [0.1, 0.15) is 32.6 Å². The van der Waals surface area contributed by atoms with Gasteiger partial charge in [-0.2, -0.15) is 0 Å². The van der Waals surface area contributed by atoms with E-state index in [9.17, 15) is 9.90 Å². The van der Waals surface area contributed by atoms with Gasteiger partial charge in [-0.05, 0) is 12.8 Å². The molecular weight excluding hydrogens is 158 g/mol. The second-order valence-corrected chi connectivity index (χ2v) is 2.98. The highest BCUT2D eigenvalue weighted by molar-refractivity contribution is 5.73. The van der Waals surface area contributed by atoms with E-state index in [-0.39, 0.29) is 6.42 Å². The van der Waals surface area contributed by atoms with E-state index in [0.717, 1.165) is 12.8 Å². The molecule has 0 saturated carbocycles. The minimum absolute atomic E-state index is 0.148. The average Bonchev–Trinajstić information content (AvgIpc) is 2.00. The SMILES string of the molecule is CCCCC(O)C[C@H](N)C(=O)O.